The van der Waals surface area contributed by atoms with Crippen molar-refractivity contribution in [1.82, 2.24) is 5.32 Å². The monoisotopic (exact) mass is 329 g/mol. The van der Waals surface area contributed by atoms with Crippen LogP contribution in [0.3, 0.4) is 0 Å². The normalized spacial score (nSPS) is 25.7. The van der Waals surface area contributed by atoms with Gasteiger partial charge in [-0.05, 0) is 54.2 Å². The zero-order valence-corrected chi connectivity index (χ0v) is 15.0. The SMILES string of the molecule is CC1(C)[C@@H]2CC=C(COC[C@H](O)CNCCc3ccccc3)[C@H]1C2. The molecule has 0 aromatic heterocycles. The summed E-state index contributed by atoms with van der Waals surface area (Å²) in [5.74, 6) is 1.56. The van der Waals surface area contributed by atoms with Crippen molar-refractivity contribution in [1.29, 1.82) is 0 Å². The Balaban J connectivity index is 1.28. The van der Waals surface area contributed by atoms with Crippen molar-refractivity contribution in [3.63, 3.8) is 0 Å². The lowest BCUT2D eigenvalue weighted by molar-refractivity contribution is -0.0235. The third kappa shape index (κ3) is 4.08. The highest BCUT2D eigenvalue weighted by Gasteiger charge is 2.50. The van der Waals surface area contributed by atoms with Crippen molar-refractivity contribution in [2.45, 2.75) is 39.2 Å². The molecule has 1 aromatic rings. The molecule has 1 saturated carbocycles. The molecule has 0 radical (unpaired) electrons. The molecular formula is C21H31NO2. The molecule has 4 rings (SSSR count). The van der Waals surface area contributed by atoms with Gasteiger partial charge in [0.2, 0.25) is 0 Å². The molecule has 0 spiro atoms. The predicted octanol–water partition coefficient (Wildman–Crippen LogP) is 3.19. The molecule has 2 bridgehead atoms. The predicted molar refractivity (Wildman–Crippen MR) is 97.9 cm³/mol. The zero-order chi connectivity index (χ0) is 17.0. The first-order chi connectivity index (χ1) is 11.6. The Morgan fingerprint density at radius 2 is 2.08 bits per heavy atom. The lowest BCUT2D eigenvalue weighted by Crippen LogP contribution is -2.48. The summed E-state index contributed by atoms with van der Waals surface area (Å²) < 4.78 is 5.78. The largest absolute Gasteiger partial charge is 0.389 e. The molecule has 3 aliphatic rings. The van der Waals surface area contributed by atoms with Gasteiger partial charge in [-0.1, -0.05) is 50.3 Å². The van der Waals surface area contributed by atoms with E-state index in [2.05, 4.69) is 49.5 Å². The Morgan fingerprint density at radius 1 is 1.29 bits per heavy atom. The molecule has 132 valence electrons. The van der Waals surface area contributed by atoms with Gasteiger partial charge in [-0.2, -0.15) is 0 Å². The number of hydrogen-bond donors (Lipinski definition) is 2. The highest BCUT2D eigenvalue weighted by Crippen LogP contribution is 2.59. The number of allylic oxidation sites excluding steroid dienone is 1. The average Bonchev–Trinajstić information content (AvgIpc) is 2.59. The second-order valence-electron chi connectivity index (χ2n) is 7.93. The molecule has 0 unspecified atom stereocenters. The van der Waals surface area contributed by atoms with Gasteiger partial charge in [0.15, 0.2) is 0 Å². The molecule has 0 aliphatic heterocycles. The molecule has 0 saturated heterocycles. The number of hydrogen-bond acceptors (Lipinski definition) is 3. The van der Waals surface area contributed by atoms with Gasteiger partial charge >= 0.3 is 0 Å². The Bertz CT molecular complexity index is 552. The number of fused-ring (bicyclic) bond motifs is 1. The summed E-state index contributed by atoms with van der Waals surface area (Å²) in [6, 6.07) is 10.4. The van der Waals surface area contributed by atoms with E-state index in [9.17, 15) is 5.11 Å². The summed E-state index contributed by atoms with van der Waals surface area (Å²) in [5.41, 5.74) is 3.22. The van der Waals surface area contributed by atoms with Gasteiger partial charge in [0.05, 0.1) is 19.3 Å². The van der Waals surface area contributed by atoms with Crippen LogP contribution in [0.15, 0.2) is 42.0 Å². The van der Waals surface area contributed by atoms with Crippen molar-refractivity contribution in [3.05, 3.63) is 47.5 Å². The van der Waals surface area contributed by atoms with E-state index in [1.54, 1.807) is 0 Å². The number of benzene rings is 1. The molecular weight excluding hydrogens is 298 g/mol. The summed E-state index contributed by atoms with van der Waals surface area (Å²) >= 11 is 0. The first kappa shape index (κ1) is 17.7. The maximum atomic E-state index is 10.0. The summed E-state index contributed by atoms with van der Waals surface area (Å²) in [6.45, 7) is 7.32. The number of rotatable bonds is 9. The van der Waals surface area contributed by atoms with Crippen LogP contribution >= 0.6 is 0 Å². The lowest BCUT2D eigenvalue weighted by Gasteiger charge is -2.56. The average molecular weight is 329 g/mol. The van der Waals surface area contributed by atoms with Gasteiger partial charge in [-0.3, -0.25) is 0 Å². The van der Waals surface area contributed by atoms with Crippen LogP contribution in [0.25, 0.3) is 0 Å². The van der Waals surface area contributed by atoms with Crippen LogP contribution in [0.4, 0.5) is 0 Å². The molecule has 1 aromatic carbocycles. The van der Waals surface area contributed by atoms with Crippen LogP contribution in [-0.2, 0) is 11.2 Å². The topological polar surface area (TPSA) is 41.5 Å². The Kier molecular flexibility index (Phi) is 5.75. The van der Waals surface area contributed by atoms with Gasteiger partial charge in [-0.15, -0.1) is 0 Å². The van der Waals surface area contributed by atoms with E-state index >= 15 is 0 Å². The van der Waals surface area contributed by atoms with Crippen molar-refractivity contribution < 1.29 is 9.84 Å². The van der Waals surface area contributed by atoms with Crippen LogP contribution in [0.5, 0.6) is 0 Å². The van der Waals surface area contributed by atoms with E-state index in [-0.39, 0.29) is 0 Å². The Hall–Kier alpha value is -1.16. The van der Waals surface area contributed by atoms with Crippen LogP contribution < -0.4 is 5.32 Å². The van der Waals surface area contributed by atoms with E-state index < -0.39 is 6.10 Å². The molecule has 3 heteroatoms. The van der Waals surface area contributed by atoms with Gasteiger partial charge in [0, 0.05) is 6.54 Å². The molecule has 24 heavy (non-hydrogen) atoms. The maximum absolute atomic E-state index is 10.0. The minimum absolute atomic E-state index is 0.409. The fraction of sp³-hybridized carbons (Fsp3) is 0.619. The van der Waals surface area contributed by atoms with E-state index in [1.165, 1.54) is 24.0 Å². The molecule has 0 amide bonds. The van der Waals surface area contributed by atoms with Crippen molar-refractivity contribution in [2.75, 3.05) is 26.3 Å². The van der Waals surface area contributed by atoms with Crippen molar-refractivity contribution in [2.24, 2.45) is 17.3 Å². The number of ether oxygens (including phenoxy) is 1. The summed E-state index contributed by atoms with van der Waals surface area (Å²) in [6.07, 6.45) is 5.44. The molecule has 1 fully saturated rings. The quantitative estimate of drug-likeness (QED) is 0.540. The number of nitrogens with one attached hydrogen (secondary N) is 1. The second-order valence-corrected chi connectivity index (χ2v) is 7.93. The fourth-order valence-corrected chi connectivity index (χ4v) is 4.16. The van der Waals surface area contributed by atoms with Crippen molar-refractivity contribution >= 4 is 0 Å². The Morgan fingerprint density at radius 3 is 2.79 bits per heavy atom. The minimum atomic E-state index is -0.438. The minimum Gasteiger partial charge on any atom is -0.389 e. The van der Waals surface area contributed by atoms with Gasteiger partial charge < -0.3 is 15.2 Å². The van der Waals surface area contributed by atoms with E-state index in [1.807, 2.05) is 6.07 Å². The zero-order valence-electron chi connectivity index (χ0n) is 15.0. The maximum Gasteiger partial charge on any atom is 0.0897 e. The highest BCUT2D eigenvalue weighted by atomic mass is 16.5. The van der Waals surface area contributed by atoms with Crippen LogP contribution in [0, 0.1) is 17.3 Å². The molecule has 3 aliphatic carbocycles. The van der Waals surface area contributed by atoms with E-state index in [0.717, 1.165) is 18.9 Å². The highest BCUT2D eigenvalue weighted by molar-refractivity contribution is 5.23. The van der Waals surface area contributed by atoms with Gasteiger partial charge in [0.25, 0.3) is 0 Å². The second kappa shape index (κ2) is 7.81. The lowest BCUT2D eigenvalue weighted by atomic mass is 9.49. The fourth-order valence-electron chi connectivity index (χ4n) is 4.16. The number of aliphatic hydroxyl groups excluding tert-OH is 1. The standard InChI is InChI=1S/C21H31NO2/c1-21(2)18-9-8-17(20(21)12-18)14-24-15-19(23)13-22-11-10-16-6-4-3-5-7-16/h3-8,18-20,22-23H,9-15H2,1-2H3/t18-,19-,20-/m1/s1. The van der Waals surface area contributed by atoms with Gasteiger partial charge in [-0.25, -0.2) is 0 Å². The third-order valence-electron chi connectivity index (χ3n) is 5.97. The van der Waals surface area contributed by atoms with Crippen molar-refractivity contribution in [3.8, 4) is 0 Å². The number of aliphatic hydroxyl groups is 1. The summed E-state index contributed by atoms with van der Waals surface area (Å²) in [4.78, 5) is 0. The molecule has 2 N–H and O–H groups in total. The van der Waals surface area contributed by atoms with Crippen LogP contribution in [0.1, 0.15) is 32.3 Å². The van der Waals surface area contributed by atoms with E-state index in [0.29, 0.717) is 31.1 Å². The smallest absolute Gasteiger partial charge is 0.0897 e. The van der Waals surface area contributed by atoms with E-state index in [4.69, 9.17) is 4.74 Å². The van der Waals surface area contributed by atoms with Gasteiger partial charge in [0.1, 0.15) is 0 Å². The van der Waals surface area contributed by atoms with Crippen LogP contribution in [-0.4, -0.2) is 37.5 Å². The summed E-state index contributed by atoms with van der Waals surface area (Å²) in [5, 5.41) is 13.4. The first-order valence-corrected chi connectivity index (χ1v) is 9.26. The van der Waals surface area contributed by atoms with Crippen LogP contribution in [0.2, 0.25) is 0 Å². The third-order valence-corrected chi connectivity index (χ3v) is 5.97. The Labute approximate surface area is 146 Å². The molecule has 0 heterocycles. The molecule has 3 nitrogen and oxygen atoms in total. The molecule has 3 atom stereocenters. The summed E-state index contributed by atoms with van der Waals surface area (Å²) in [7, 11) is 0. The first-order valence-electron chi connectivity index (χ1n) is 9.26.